The molecular formula is C23H39NO3. The van der Waals surface area contributed by atoms with Crippen molar-refractivity contribution in [2.24, 2.45) is 22.7 Å². The zero-order valence-corrected chi connectivity index (χ0v) is 17.7. The van der Waals surface area contributed by atoms with E-state index in [2.05, 4.69) is 32.7 Å². The molecule has 0 aromatic carbocycles. The van der Waals surface area contributed by atoms with Gasteiger partial charge in [-0.2, -0.15) is 0 Å². The predicted octanol–water partition coefficient (Wildman–Crippen LogP) is 4.84. The van der Waals surface area contributed by atoms with Crippen LogP contribution < -0.4 is 4.74 Å². The number of hydrogen-bond donors (Lipinski definition) is 2. The quantitative estimate of drug-likeness (QED) is 0.612. The Morgan fingerprint density at radius 3 is 2.56 bits per heavy atom. The van der Waals surface area contributed by atoms with Gasteiger partial charge in [0.2, 0.25) is 0 Å². The maximum atomic E-state index is 10.7. The first-order valence-electron chi connectivity index (χ1n) is 10.7. The molecule has 1 saturated carbocycles. The smallest absolute Gasteiger partial charge is 0.122 e. The van der Waals surface area contributed by atoms with Crippen LogP contribution in [0.5, 0.6) is 5.75 Å². The van der Waals surface area contributed by atoms with Crippen molar-refractivity contribution >= 4 is 0 Å². The van der Waals surface area contributed by atoms with Gasteiger partial charge in [0.25, 0.3) is 0 Å². The number of pyridine rings is 1. The standard InChI is InChI=1S/C23H39NO3/c1-5-7-8-20-22(3,13-9-21(26)23(20,4)17-25)18(6-2)12-16-27-19-10-14-24-15-11-19/h10-11,14-15,18,20-21,25-26H,5-9,12-13,16-17H2,1-4H3/t18-,20?,21+,22-,23-/m0/s1. The molecule has 0 radical (unpaired) electrons. The summed E-state index contributed by atoms with van der Waals surface area (Å²) in [5.41, 5.74) is -0.302. The highest BCUT2D eigenvalue weighted by Crippen LogP contribution is 2.57. The highest BCUT2D eigenvalue weighted by Gasteiger charge is 2.54. The number of aromatic nitrogens is 1. The van der Waals surface area contributed by atoms with Gasteiger partial charge < -0.3 is 14.9 Å². The molecule has 1 fully saturated rings. The zero-order chi connectivity index (χ0) is 19.9. The Morgan fingerprint density at radius 2 is 1.96 bits per heavy atom. The van der Waals surface area contributed by atoms with E-state index in [0.29, 0.717) is 18.4 Å². The number of ether oxygens (including phenoxy) is 1. The van der Waals surface area contributed by atoms with Crippen molar-refractivity contribution in [1.82, 2.24) is 4.98 Å². The summed E-state index contributed by atoms with van der Waals surface area (Å²) in [6.45, 7) is 9.72. The molecule has 0 aliphatic heterocycles. The lowest BCUT2D eigenvalue weighted by Crippen LogP contribution is -2.55. The Hall–Kier alpha value is -1.13. The summed E-state index contributed by atoms with van der Waals surface area (Å²) in [6.07, 6.45) is 10.3. The molecule has 4 nitrogen and oxygen atoms in total. The molecule has 0 saturated heterocycles. The highest BCUT2D eigenvalue weighted by molar-refractivity contribution is 5.16. The first kappa shape index (κ1) is 22.2. The number of hydrogen-bond acceptors (Lipinski definition) is 4. The first-order chi connectivity index (χ1) is 12.9. The normalized spacial score (nSPS) is 32.2. The third kappa shape index (κ3) is 4.83. The SMILES string of the molecule is CCCCC1[C@](C)(CO)[C@H](O)CC[C@@]1(C)[C@@H](CC)CCOc1ccncc1. The Balaban J connectivity index is 2.15. The summed E-state index contributed by atoms with van der Waals surface area (Å²) < 4.78 is 5.95. The van der Waals surface area contributed by atoms with Crippen LogP contribution in [0.2, 0.25) is 0 Å². The second-order valence-corrected chi connectivity index (χ2v) is 8.84. The van der Waals surface area contributed by atoms with E-state index in [1.807, 2.05) is 12.1 Å². The fourth-order valence-corrected chi connectivity index (χ4v) is 5.46. The van der Waals surface area contributed by atoms with Crippen molar-refractivity contribution in [2.75, 3.05) is 13.2 Å². The van der Waals surface area contributed by atoms with E-state index in [1.165, 1.54) is 0 Å². The zero-order valence-electron chi connectivity index (χ0n) is 17.7. The molecule has 1 heterocycles. The monoisotopic (exact) mass is 377 g/mol. The molecule has 0 bridgehead atoms. The summed E-state index contributed by atoms with van der Waals surface area (Å²) in [7, 11) is 0. The number of unbranched alkanes of at least 4 members (excludes halogenated alkanes) is 1. The fraction of sp³-hybridized carbons (Fsp3) is 0.783. The van der Waals surface area contributed by atoms with Crippen molar-refractivity contribution in [1.29, 1.82) is 0 Å². The highest BCUT2D eigenvalue weighted by atomic mass is 16.5. The number of aliphatic hydroxyl groups is 2. The van der Waals surface area contributed by atoms with Crippen LogP contribution >= 0.6 is 0 Å². The van der Waals surface area contributed by atoms with E-state index < -0.39 is 11.5 Å². The van der Waals surface area contributed by atoms with E-state index in [0.717, 1.165) is 50.7 Å². The maximum absolute atomic E-state index is 10.7. The summed E-state index contributed by atoms with van der Waals surface area (Å²) in [4.78, 5) is 4.03. The minimum absolute atomic E-state index is 0.0576. The molecule has 1 unspecified atom stereocenters. The number of aliphatic hydroxyl groups excluding tert-OH is 2. The molecule has 1 aliphatic rings. The minimum atomic E-state index is -0.415. The Kier molecular flexibility index (Phi) is 8.11. The van der Waals surface area contributed by atoms with Crippen molar-refractivity contribution in [2.45, 2.75) is 78.7 Å². The molecule has 1 aromatic heterocycles. The van der Waals surface area contributed by atoms with Crippen molar-refractivity contribution in [3.05, 3.63) is 24.5 Å². The van der Waals surface area contributed by atoms with Gasteiger partial charge in [-0.15, -0.1) is 0 Å². The van der Waals surface area contributed by atoms with Gasteiger partial charge in [-0.05, 0) is 55.1 Å². The van der Waals surface area contributed by atoms with Crippen LogP contribution in [-0.4, -0.2) is 34.5 Å². The molecule has 27 heavy (non-hydrogen) atoms. The Morgan fingerprint density at radius 1 is 1.26 bits per heavy atom. The van der Waals surface area contributed by atoms with E-state index in [9.17, 15) is 10.2 Å². The van der Waals surface area contributed by atoms with E-state index in [1.54, 1.807) is 12.4 Å². The van der Waals surface area contributed by atoms with Gasteiger partial charge in [0, 0.05) is 17.8 Å². The Bertz CT molecular complexity index is 552. The number of rotatable bonds is 10. The van der Waals surface area contributed by atoms with E-state index in [4.69, 9.17) is 4.74 Å². The largest absolute Gasteiger partial charge is 0.493 e. The molecule has 2 N–H and O–H groups in total. The second-order valence-electron chi connectivity index (χ2n) is 8.84. The molecular weight excluding hydrogens is 338 g/mol. The van der Waals surface area contributed by atoms with Crippen LogP contribution in [0.1, 0.15) is 72.6 Å². The van der Waals surface area contributed by atoms with Crippen LogP contribution in [0.15, 0.2) is 24.5 Å². The molecule has 0 amide bonds. The molecule has 154 valence electrons. The molecule has 0 spiro atoms. The summed E-state index contributed by atoms with van der Waals surface area (Å²) in [5, 5.41) is 20.9. The summed E-state index contributed by atoms with van der Waals surface area (Å²) in [5.74, 6) is 1.70. The van der Waals surface area contributed by atoms with Gasteiger partial charge >= 0.3 is 0 Å². The molecule has 1 aliphatic carbocycles. The maximum Gasteiger partial charge on any atom is 0.122 e. The summed E-state index contributed by atoms with van der Waals surface area (Å²) >= 11 is 0. The van der Waals surface area contributed by atoms with E-state index >= 15 is 0 Å². The Labute approximate surface area is 165 Å². The topological polar surface area (TPSA) is 62.6 Å². The second kappa shape index (κ2) is 9.88. The minimum Gasteiger partial charge on any atom is -0.493 e. The molecule has 5 atom stereocenters. The average Bonchev–Trinajstić information content (AvgIpc) is 2.69. The first-order valence-corrected chi connectivity index (χ1v) is 10.7. The lowest BCUT2D eigenvalue weighted by Gasteiger charge is -2.57. The third-order valence-electron chi connectivity index (χ3n) is 7.31. The van der Waals surface area contributed by atoms with Crippen LogP contribution in [0.3, 0.4) is 0 Å². The number of nitrogens with zero attached hydrogens (tertiary/aromatic N) is 1. The molecule has 1 aromatic rings. The van der Waals surface area contributed by atoms with Crippen molar-refractivity contribution < 1.29 is 14.9 Å². The van der Waals surface area contributed by atoms with Gasteiger partial charge in [0.05, 0.1) is 19.3 Å². The van der Waals surface area contributed by atoms with Crippen LogP contribution in [-0.2, 0) is 0 Å². The van der Waals surface area contributed by atoms with Gasteiger partial charge in [-0.25, -0.2) is 0 Å². The van der Waals surface area contributed by atoms with E-state index in [-0.39, 0.29) is 12.0 Å². The van der Waals surface area contributed by atoms with Gasteiger partial charge in [0.15, 0.2) is 0 Å². The average molecular weight is 378 g/mol. The predicted molar refractivity (Wildman–Crippen MR) is 110 cm³/mol. The van der Waals surface area contributed by atoms with Gasteiger partial charge in [0.1, 0.15) is 5.75 Å². The third-order valence-corrected chi connectivity index (χ3v) is 7.31. The van der Waals surface area contributed by atoms with Gasteiger partial charge in [-0.1, -0.05) is 47.0 Å². The molecule has 4 heteroatoms. The lowest BCUT2D eigenvalue weighted by atomic mass is 9.49. The van der Waals surface area contributed by atoms with Crippen molar-refractivity contribution in [3.8, 4) is 5.75 Å². The summed E-state index contributed by atoms with van der Waals surface area (Å²) in [6, 6.07) is 3.79. The lowest BCUT2D eigenvalue weighted by molar-refractivity contribution is -0.150. The van der Waals surface area contributed by atoms with Crippen LogP contribution in [0, 0.1) is 22.7 Å². The van der Waals surface area contributed by atoms with Crippen LogP contribution in [0.4, 0.5) is 0 Å². The van der Waals surface area contributed by atoms with Gasteiger partial charge in [-0.3, -0.25) is 4.98 Å². The van der Waals surface area contributed by atoms with Crippen LogP contribution in [0.25, 0.3) is 0 Å². The fourth-order valence-electron chi connectivity index (χ4n) is 5.46. The van der Waals surface area contributed by atoms with Crippen molar-refractivity contribution in [3.63, 3.8) is 0 Å². The molecule has 2 rings (SSSR count).